The summed E-state index contributed by atoms with van der Waals surface area (Å²) < 4.78 is 12.2. The molecule has 7 rings (SSSR count). The molecule has 4 saturated carbocycles. The van der Waals surface area contributed by atoms with E-state index in [-0.39, 0.29) is 57.8 Å². The average Bonchev–Trinajstić information content (AvgIpc) is 3.11. The smallest absolute Gasteiger partial charge is 0.329 e. The fourth-order valence-corrected chi connectivity index (χ4v) is 12.6. The van der Waals surface area contributed by atoms with Gasteiger partial charge >= 0.3 is 11.9 Å². The van der Waals surface area contributed by atoms with E-state index in [4.69, 9.17) is 9.47 Å². The van der Waals surface area contributed by atoms with Crippen LogP contribution in [0.2, 0.25) is 0 Å². The van der Waals surface area contributed by atoms with Crippen molar-refractivity contribution in [2.24, 2.45) is 50.2 Å². The number of carbonyl (C=O) groups is 3. The van der Waals surface area contributed by atoms with Crippen molar-refractivity contribution in [3.05, 3.63) is 83.4 Å². The lowest BCUT2D eigenvalue weighted by Gasteiger charge is -2.70. The molecule has 0 radical (unpaired) electrons. The van der Waals surface area contributed by atoms with Crippen molar-refractivity contribution in [2.75, 3.05) is 13.2 Å². The first-order valence-corrected chi connectivity index (χ1v) is 19.6. The number of ether oxygens (including phenoxy) is 2. The molecule has 280 valence electrons. The molecule has 5 aliphatic rings. The van der Waals surface area contributed by atoms with E-state index >= 15 is 0 Å². The molecule has 2 aromatic carbocycles. The van der Waals surface area contributed by atoms with E-state index in [0.29, 0.717) is 12.8 Å². The highest BCUT2D eigenvalue weighted by molar-refractivity contribution is 5.95. The van der Waals surface area contributed by atoms with E-state index in [2.05, 4.69) is 34.6 Å². The van der Waals surface area contributed by atoms with E-state index in [9.17, 15) is 24.6 Å². The van der Waals surface area contributed by atoms with E-state index in [1.807, 2.05) is 73.7 Å². The van der Waals surface area contributed by atoms with Gasteiger partial charge in [-0.05, 0) is 115 Å². The topological polar surface area (TPSA) is 110 Å². The molecule has 7 heteroatoms. The fraction of sp³-hybridized carbons (Fsp3) is 0.622. The fourth-order valence-electron chi connectivity index (χ4n) is 12.6. The van der Waals surface area contributed by atoms with Crippen LogP contribution in [0.4, 0.5) is 0 Å². The van der Waals surface area contributed by atoms with Gasteiger partial charge in [0.2, 0.25) is 0 Å². The Morgan fingerprint density at radius 3 is 2.06 bits per heavy atom. The molecule has 0 spiro atoms. The van der Waals surface area contributed by atoms with Crippen molar-refractivity contribution in [1.29, 1.82) is 0 Å². The van der Waals surface area contributed by atoms with Crippen LogP contribution in [0.1, 0.15) is 117 Å². The summed E-state index contributed by atoms with van der Waals surface area (Å²) in [6, 6.07) is 19.9. The third-order valence-corrected chi connectivity index (χ3v) is 15.9. The number of allylic oxidation sites excluding steroid dienone is 2. The Morgan fingerprint density at radius 1 is 0.827 bits per heavy atom. The molecule has 0 heterocycles. The van der Waals surface area contributed by atoms with Crippen LogP contribution < -0.4 is 0 Å². The number of hydrogen-bond acceptors (Lipinski definition) is 6. The third kappa shape index (κ3) is 5.63. The van der Waals surface area contributed by atoms with E-state index in [1.165, 1.54) is 5.57 Å². The minimum absolute atomic E-state index is 0.0109. The molecule has 0 unspecified atom stereocenters. The summed E-state index contributed by atoms with van der Waals surface area (Å²) in [5.74, 6) is -1.14. The first kappa shape index (κ1) is 37.0. The van der Waals surface area contributed by atoms with Gasteiger partial charge in [-0.2, -0.15) is 0 Å². The number of rotatable bonds is 8. The van der Waals surface area contributed by atoms with Gasteiger partial charge < -0.3 is 19.7 Å². The van der Waals surface area contributed by atoms with Crippen LogP contribution in [-0.4, -0.2) is 47.3 Å². The van der Waals surface area contributed by atoms with Gasteiger partial charge in [-0.25, -0.2) is 4.79 Å². The molecule has 5 aliphatic carbocycles. The molecule has 2 aromatic rings. The van der Waals surface area contributed by atoms with Gasteiger partial charge in [0.05, 0.1) is 18.1 Å². The Kier molecular flexibility index (Phi) is 9.21. The third-order valence-electron chi connectivity index (χ3n) is 15.9. The second-order valence-corrected chi connectivity index (χ2v) is 18.8. The molecule has 0 saturated heterocycles. The quantitative estimate of drug-likeness (QED) is 0.264. The lowest BCUT2D eigenvalue weighted by molar-refractivity contribution is -0.216. The Balaban J connectivity index is 1.20. The SMILES string of the molecule is C[C@]1(C(=O)OC(c2ccccc2)c2ccccc2)CC[C@]2(C)CC[C@]3(C)C(=CC(=O)[C@@H]4[C@@]5(C)CC[C@H](O)[C@@](C)(COCC(=O)O)[C@@H]5CC[C@]43C)[C@@H]2C1. The molecule has 0 bridgehead atoms. The lowest BCUT2D eigenvalue weighted by Crippen LogP contribution is -2.67. The molecule has 7 nitrogen and oxygen atoms in total. The number of benzene rings is 2. The average molecular weight is 711 g/mol. The van der Waals surface area contributed by atoms with Crippen LogP contribution in [0.3, 0.4) is 0 Å². The Morgan fingerprint density at radius 2 is 1.44 bits per heavy atom. The highest BCUT2D eigenvalue weighted by Gasteiger charge is 2.71. The van der Waals surface area contributed by atoms with Gasteiger partial charge in [0.25, 0.3) is 0 Å². The van der Waals surface area contributed by atoms with Crippen LogP contribution in [0, 0.1) is 50.2 Å². The molecule has 0 amide bonds. The zero-order chi connectivity index (χ0) is 37.3. The van der Waals surface area contributed by atoms with Gasteiger partial charge in [0, 0.05) is 11.3 Å². The minimum atomic E-state index is -1.02. The number of carboxylic acid groups (broad SMARTS) is 1. The highest BCUT2D eigenvalue weighted by Crippen LogP contribution is 2.75. The number of carbonyl (C=O) groups excluding carboxylic acids is 2. The number of aliphatic hydroxyl groups is 1. The number of esters is 1. The molecule has 0 aliphatic heterocycles. The van der Waals surface area contributed by atoms with Crippen molar-refractivity contribution in [3.63, 3.8) is 0 Å². The zero-order valence-corrected chi connectivity index (χ0v) is 32.0. The minimum Gasteiger partial charge on any atom is -0.480 e. The number of aliphatic carboxylic acids is 1. The second-order valence-electron chi connectivity index (χ2n) is 18.8. The second kappa shape index (κ2) is 12.9. The van der Waals surface area contributed by atoms with Crippen molar-refractivity contribution < 1.29 is 34.1 Å². The molecule has 2 N–H and O–H groups in total. The summed E-state index contributed by atoms with van der Waals surface area (Å²) in [6.07, 6.45) is 8.22. The van der Waals surface area contributed by atoms with Crippen molar-refractivity contribution in [1.82, 2.24) is 0 Å². The van der Waals surface area contributed by atoms with E-state index < -0.39 is 35.6 Å². The predicted octanol–water partition coefficient (Wildman–Crippen LogP) is 8.74. The van der Waals surface area contributed by atoms with Crippen molar-refractivity contribution >= 4 is 17.7 Å². The number of aliphatic hydroxyl groups excluding tert-OH is 1. The van der Waals surface area contributed by atoms with Gasteiger partial charge in [0.1, 0.15) is 6.61 Å². The number of carboxylic acids is 1. The summed E-state index contributed by atoms with van der Waals surface area (Å²) in [7, 11) is 0. The van der Waals surface area contributed by atoms with E-state index in [0.717, 1.165) is 56.1 Å². The molecule has 4 fully saturated rings. The monoisotopic (exact) mass is 710 g/mol. The predicted molar refractivity (Wildman–Crippen MR) is 199 cm³/mol. The van der Waals surface area contributed by atoms with Crippen LogP contribution in [0.15, 0.2) is 72.3 Å². The lowest BCUT2D eigenvalue weighted by atomic mass is 9.33. The van der Waals surface area contributed by atoms with Gasteiger partial charge in [0.15, 0.2) is 11.9 Å². The summed E-state index contributed by atoms with van der Waals surface area (Å²) >= 11 is 0. The number of fused-ring (bicyclic) bond motifs is 7. The highest BCUT2D eigenvalue weighted by atomic mass is 16.5. The molecule has 52 heavy (non-hydrogen) atoms. The largest absolute Gasteiger partial charge is 0.480 e. The summed E-state index contributed by atoms with van der Waals surface area (Å²) in [5.41, 5.74) is 0.863. The first-order valence-electron chi connectivity index (χ1n) is 19.6. The van der Waals surface area contributed by atoms with Crippen LogP contribution in [-0.2, 0) is 23.9 Å². The van der Waals surface area contributed by atoms with Gasteiger partial charge in [-0.1, -0.05) is 101 Å². The van der Waals surface area contributed by atoms with Crippen LogP contribution in [0.25, 0.3) is 0 Å². The van der Waals surface area contributed by atoms with Gasteiger partial charge in [-0.15, -0.1) is 0 Å². The Hall–Kier alpha value is -3.29. The standard InChI is InChI=1S/C45H58O7/c1-40-21-22-41(2,39(50)52-37(29-13-9-7-10-14-29)30-15-11-8-12-16-30)26-32(40)31-25-33(46)38-42(3)19-18-35(47)43(4,28-51-27-36(48)49)34(42)17-20-45(38,6)44(31,5)24-23-40/h7-16,25,32,34-35,37-38,47H,17-24,26-28H2,1-6H3,(H,48,49)/t32-,34+,35-,38+,40+,41-,42-,43-,44+,45+/m0/s1. The van der Waals surface area contributed by atoms with Crippen molar-refractivity contribution in [3.8, 4) is 0 Å². The molecular weight excluding hydrogens is 652 g/mol. The number of hydrogen-bond donors (Lipinski definition) is 2. The Bertz CT molecular complexity index is 1700. The maximum Gasteiger partial charge on any atom is 0.329 e. The summed E-state index contributed by atoms with van der Waals surface area (Å²) in [5, 5.41) is 20.7. The maximum absolute atomic E-state index is 14.9. The normalized spacial score (nSPS) is 41.2. The maximum atomic E-state index is 14.9. The van der Waals surface area contributed by atoms with E-state index in [1.54, 1.807) is 0 Å². The van der Waals surface area contributed by atoms with Crippen LogP contribution >= 0.6 is 0 Å². The molecule has 10 atom stereocenters. The van der Waals surface area contributed by atoms with Gasteiger partial charge in [-0.3, -0.25) is 9.59 Å². The van der Waals surface area contributed by atoms with Crippen LogP contribution in [0.5, 0.6) is 0 Å². The summed E-state index contributed by atoms with van der Waals surface area (Å²) in [4.78, 5) is 40.7. The zero-order valence-electron chi connectivity index (χ0n) is 32.0. The molecular formula is C45H58O7. The summed E-state index contributed by atoms with van der Waals surface area (Å²) in [6.45, 7) is 13.3. The van der Waals surface area contributed by atoms with Crippen molar-refractivity contribution in [2.45, 2.75) is 112 Å². The molecule has 0 aromatic heterocycles. The number of ketones is 1. The first-order chi connectivity index (χ1) is 24.5. The Labute approximate surface area is 309 Å².